The van der Waals surface area contributed by atoms with E-state index in [0.29, 0.717) is 18.2 Å². The van der Waals surface area contributed by atoms with Crippen LogP contribution in [0.3, 0.4) is 0 Å². The molecule has 2 aromatic rings. The Morgan fingerprint density at radius 2 is 2.25 bits per heavy atom. The summed E-state index contributed by atoms with van der Waals surface area (Å²) in [6.45, 7) is 5.51. The SMILES string of the molecule is Cc1nc([C@@H]2C[C@H]3CCN(C(=O)c4cnccn4)C[C@@H]3O2)sc1C. The van der Waals surface area contributed by atoms with Crippen molar-refractivity contribution in [2.24, 2.45) is 5.92 Å². The van der Waals surface area contributed by atoms with Gasteiger partial charge in [0.1, 0.15) is 16.8 Å². The van der Waals surface area contributed by atoms with Gasteiger partial charge in [-0.05, 0) is 32.6 Å². The molecule has 7 heteroatoms. The van der Waals surface area contributed by atoms with Gasteiger partial charge in [0, 0.05) is 30.4 Å². The summed E-state index contributed by atoms with van der Waals surface area (Å²) in [5.41, 5.74) is 1.49. The molecule has 0 N–H and O–H groups in total. The van der Waals surface area contributed by atoms with E-state index in [2.05, 4.69) is 21.9 Å². The van der Waals surface area contributed by atoms with Crippen molar-refractivity contribution in [2.75, 3.05) is 13.1 Å². The van der Waals surface area contributed by atoms with Crippen molar-refractivity contribution >= 4 is 17.2 Å². The second-order valence-corrected chi connectivity index (χ2v) is 7.72. The molecule has 2 aliphatic heterocycles. The van der Waals surface area contributed by atoms with E-state index < -0.39 is 0 Å². The largest absolute Gasteiger partial charge is 0.366 e. The number of nitrogens with zero attached hydrogens (tertiary/aromatic N) is 4. The van der Waals surface area contributed by atoms with Crippen LogP contribution in [0.15, 0.2) is 18.6 Å². The van der Waals surface area contributed by atoms with Crippen LogP contribution in [0, 0.1) is 19.8 Å². The van der Waals surface area contributed by atoms with E-state index >= 15 is 0 Å². The number of carbonyl (C=O) groups excluding carboxylic acids is 1. The van der Waals surface area contributed by atoms with E-state index in [4.69, 9.17) is 4.74 Å². The summed E-state index contributed by atoms with van der Waals surface area (Å²) in [6, 6.07) is 0. The number of aryl methyl sites for hydroxylation is 2. The second-order valence-electron chi connectivity index (χ2n) is 6.48. The van der Waals surface area contributed by atoms with Crippen LogP contribution in [0.1, 0.15) is 45.0 Å². The molecule has 2 aliphatic rings. The van der Waals surface area contributed by atoms with Gasteiger partial charge in [-0.3, -0.25) is 9.78 Å². The molecular weight excluding hydrogens is 324 g/mol. The minimum atomic E-state index is -0.0606. The van der Waals surface area contributed by atoms with Crippen LogP contribution in [0.4, 0.5) is 0 Å². The average molecular weight is 344 g/mol. The number of hydrogen-bond acceptors (Lipinski definition) is 6. The van der Waals surface area contributed by atoms with Crippen LogP contribution in [-0.4, -0.2) is 45.0 Å². The Morgan fingerprint density at radius 1 is 1.38 bits per heavy atom. The number of hydrogen-bond donors (Lipinski definition) is 0. The smallest absolute Gasteiger partial charge is 0.274 e. The van der Waals surface area contributed by atoms with Crippen LogP contribution in [0.25, 0.3) is 0 Å². The van der Waals surface area contributed by atoms with Crippen molar-refractivity contribution in [1.29, 1.82) is 0 Å². The van der Waals surface area contributed by atoms with Crippen LogP contribution in [0.5, 0.6) is 0 Å². The normalized spacial score (nSPS) is 26.4. The molecule has 2 saturated heterocycles. The summed E-state index contributed by atoms with van der Waals surface area (Å²) in [5.74, 6) is 0.444. The van der Waals surface area contributed by atoms with E-state index in [-0.39, 0.29) is 18.1 Å². The highest BCUT2D eigenvalue weighted by Gasteiger charge is 2.42. The van der Waals surface area contributed by atoms with Crippen LogP contribution in [0.2, 0.25) is 0 Å². The van der Waals surface area contributed by atoms with Gasteiger partial charge in [-0.25, -0.2) is 9.97 Å². The minimum absolute atomic E-state index is 0.0606. The predicted molar refractivity (Wildman–Crippen MR) is 89.9 cm³/mol. The molecule has 3 atom stereocenters. The van der Waals surface area contributed by atoms with Gasteiger partial charge in [0.2, 0.25) is 0 Å². The molecule has 2 fully saturated rings. The number of likely N-dealkylation sites (tertiary alicyclic amines) is 1. The second kappa shape index (κ2) is 6.22. The molecule has 0 unspecified atom stereocenters. The average Bonchev–Trinajstić information content (AvgIpc) is 3.18. The van der Waals surface area contributed by atoms with E-state index in [1.807, 2.05) is 11.8 Å². The van der Waals surface area contributed by atoms with Gasteiger partial charge in [0.25, 0.3) is 5.91 Å². The molecule has 0 radical (unpaired) electrons. The van der Waals surface area contributed by atoms with Crippen LogP contribution in [-0.2, 0) is 4.74 Å². The van der Waals surface area contributed by atoms with Crippen molar-refractivity contribution in [2.45, 2.75) is 38.9 Å². The first kappa shape index (κ1) is 15.7. The zero-order chi connectivity index (χ0) is 16.7. The standard InChI is InChI=1S/C17H20N4O2S/c1-10-11(2)24-16(20-10)14-7-12-3-6-21(9-15(12)23-14)17(22)13-8-18-4-5-19-13/h4-5,8,12,14-15H,3,6-7,9H2,1-2H3/t12-,14+,15+/m1/s1. The van der Waals surface area contributed by atoms with Crippen LogP contribution >= 0.6 is 11.3 Å². The first-order chi connectivity index (χ1) is 11.6. The molecule has 1 amide bonds. The topological polar surface area (TPSA) is 68.2 Å². The van der Waals surface area contributed by atoms with Gasteiger partial charge in [0.05, 0.1) is 18.0 Å². The third kappa shape index (κ3) is 2.82. The van der Waals surface area contributed by atoms with Gasteiger partial charge in [-0.2, -0.15) is 0 Å². The Hall–Kier alpha value is -1.86. The molecule has 0 aliphatic carbocycles. The van der Waals surface area contributed by atoms with Crippen molar-refractivity contribution in [3.63, 3.8) is 0 Å². The number of fused-ring (bicyclic) bond motifs is 1. The number of piperidine rings is 1. The van der Waals surface area contributed by atoms with Crippen LogP contribution < -0.4 is 0 Å². The lowest BCUT2D eigenvalue weighted by atomic mass is 9.91. The predicted octanol–water partition coefficient (Wildman–Crippen LogP) is 2.54. The van der Waals surface area contributed by atoms with Crippen molar-refractivity contribution < 1.29 is 9.53 Å². The Morgan fingerprint density at radius 3 is 2.96 bits per heavy atom. The summed E-state index contributed by atoms with van der Waals surface area (Å²) in [5, 5.41) is 1.08. The lowest BCUT2D eigenvalue weighted by Crippen LogP contribution is -2.45. The van der Waals surface area contributed by atoms with Crippen molar-refractivity contribution in [3.8, 4) is 0 Å². The maximum atomic E-state index is 12.5. The lowest BCUT2D eigenvalue weighted by Gasteiger charge is -2.33. The maximum Gasteiger partial charge on any atom is 0.274 e. The molecule has 2 aromatic heterocycles. The van der Waals surface area contributed by atoms with E-state index in [9.17, 15) is 4.79 Å². The summed E-state index contributed by atoms with van der Waals surface area (Å²) in [4.78, 5) is 28.4. The number of aromatic nitrogens is 3. The Balaban J connectivity index is 1.45. The lowest BCUT2D eigenvalue weighted by molar-refractivity contribution is -0.00468. The zero-order valence-electron chi connectivity index (χ0n) is 13.8. The first-order valence-electron chi connectivity index (χ1n) is 8.26. The first-order valence-corrected chi connectivity index (χ1v) is 9.08. The van der Waals surface area contributed by atoms with Gasteiger partial charge in [-0.1, -0.05) is 0 Å². The Bertz CT molecular complexity index is 729. The molecule has 0 spiro atoms. The number of rotatable bonds is 2. The molecule has 0 aromatic carbocycles. The van der Waals surface area contributed by atoms with Gasteiger partial charge < -0.3 is 9.64 Å². The summed E-state index contributed by atoms with van der Waals surface area (Å²) in [6.07, 6.45) is 6.79. The summed E-state index contributed by atoms with van der Waals surface area (Å²) >= 11 is 1.73. The number of carbonyl (C=O) groups is 1. The van der Waals surface area contributed by atoms with Crippen molar-refractivity contribution in [1.82, 2.24) is 19.9 Å². The molecule has 24 heavy (non-hydrogen) atoms. The maximum absolute atomic E-state index is 12.5. The third-order valence-corrected chi connectivity index (χ3v) is 6.11. The fraction of sp³-hybridized carbons (Fsp3) is 0.529. The molecule has 6 nitrogen and oxygen atoms in total. The summed E-state index contributed by atoms with van der Waals surface area (Å²) < 4.78 is 6.25. The number of amides is 1. The zero-order valence-corrected chi connectivity index (χ0v) is 14.6. The fourth-order valence-electron chi connectivity index (χ4n) is 3.48. The molecular formula is C17H20N4O2S. The van der Waals surface area contributed by atoms with E-state index in [1.165, 1.54) is 11.1 Å². The highest BCUT2D eigenvalue weighted by molar-refractivity contribution is 7.11. The van der Waals surface area contributed by atoms with Gasteiger partial charge >= 0.3 is 0 Å². The van der Waals surface area contributed by atoms with E-state index in [1.54, 1.807) is 23.7 Å². The highest BCUT2D eigenvalue weighted by Crippen LogP contribution is 2.42. The fourth-order valence-corrected chi connectivity index (χ4v) is 4.45. The number of thiazole rings is 1. The molecule has 0 bridgehead atoms. The van der Waals surface area contributed by atoms with Crippen molar-refractivity contribution in [3.05, 3.63) is 39.9 Å². The third-order valence-electron chi connectivity index (χ3n) is 4.94. The Kier molecular flexibility index (Phi) is 4.05. The molecule has 0 saturated carbocycles. The minimum Gasteiger partial charge on any atom is -0.366 e. The van der Waals surface area contributed by atoms with Gasteiger partial charge in [-0.15, -0.1) is 11.3 Å². The highest BCUT2D eigenvalue weighted by atomic mass is 32.1. The Labute approximate surface area is 144 Å². The summed E-state index contributed by atoms with van der Waals surface area (Å²) in [7, 11) is 0. The molecule has 4 heterocycles. The monoisotopic (exact) mass is 344 g/mol. The molecule has 126 valence electrons. The van der Waals surface area contributed by atoms with Gasteiger partial charge in [0.15, 0.2) is 0 Å². The van der Waals surface area contributed by atoms with E-state index in [0.717, 1.165) is 30.1 Å². The number of ether oxygens (including phenoxy) is 1. The molecule has 4 rings (SSSR count). The quantitative estimate of drug-likeness (QED) is 0.837.